The number of rotatable bonds is 6. The zero-order chi connectivity index (χ0) is 21.8. The summed E-state index contributed by atoms with van der Waals surface area (Å²) in [6, 6.07) is 12.7. The summed E-state index contributed by atoms with van der Waals surface area (Å²) in [5.41, 5.74) is 5.57. The lowest BCUT2D eigenvalue weighted by Crippen LogP contribution is -2.46. The highest BCUT2D eigenvalue weighted by atomic mass is 16.2. The Bertz CT molecular complexity index is 1020. The number of imidazole rings is 1. The van der Waals surface area contributed by atoms with Crippen LogP contribution in [0, 0.1) is 6.92 Å². The first-order valence-corrected chi connectivity index (χ1v) is 10.7. The number of nitrogens with zero attached hydrogens (tertiary/aromatic N) is 6. The molecule has 0 aliphatic carbocycles. The van der Waals surface area contributed by atoms with Gasteiger partial charge in [-0.25, -0.2) is 4.98 Å². The average Bonchev–Trinajstić information content (AvgIpc) is 3.23. The fourth-order valence-electron chi connectivity index (χ4n) is 3.90. The normalized spacial score (nSPS) is 14.6. The van der Waals surface area contributed by atoms with Gasteiger partial charge in [0.2, 0.25) is 5.91 Å². The molecule has 1 amide bonds. The van der Waals surface area contributed by atoms with E-state index in [9.17, 15) is 4.79 Å². The van der Waals surface area contributed by atoms with Crippen molar-refractivity contribution in [3.05, 3.63) is 66.4 Å². The lowest BCUT2D eigenvalue weighted by atomic mass is 10.0. The molecule has 4 rings (SSSR count). The van der Waals surface area contributed by atoms with E-state index in [-0.39, 0.29) is 5.91 Å². The van der Waals surface area contributed by atoms with Crippen LogP contribution >= 0.6 is 0 Å². The molecular weight excluding hydrogens is 388 g/mol. The summed E-state index contributed by atoms with van der Waals surface area (Å²) in [6.45, 7) is 7.41. The van der Waals surface area contributed by atoms with Crippen molar-refractivity contribution in [2.75, 3.05) is 45.2 Å². The zero-order valence-electron chi connectivity index (χ0n) is 18.5. The van der Waals surface area contributed by atoms with Gasteiger partial charge in [0.25, 0.3) is 0 Å². The molecule has 0 saturated carbocycles. The van der Waals surface area contributed by atoms with Crippen LogP contribution in [-0.2, 0) is 17.9 Å². The van der Waals surface area contributed by atoms with Crippen LogP contribution in [0.15, 0.2) is 55.1 Å². The van der Waals surface area contributed by atoms with Crippen molar-refractivity contribution < 1.29 is 4.79 Å². The summed E-state index contributed by atoms with van der Waals surface area (Å²) in [5.74, 6) is 0.0539. The second-order valence-electron chi connectivity index (χ2n) is 8.30. The number of likely N-dealkylation sites (N-methyl/N-ethyl adjacent to an activating group) is 1. The summed E-state index contributed by atoms with van der Waals surface area (Å²) in [7, 11) is 3.53. The van der Waals surface area contributed by atoms with Gasteiger partial charge in [-0.05, 0) is 36.8 Å². The van der Waals surface area contributed by atoms with E-state index >= 15 is 0 Å². The third-order valence-corrected chi connectivity index (χ3v) is 5.79. The van der Waals surface area contributed by atoms with Crippen LogP contribution < -0.4 is 4.90 Å². The number of amides is 1. The number of piperazine rings is 1. The van der Waals surface area contributed by atoms with E-state index in [1.165, 1.54) is 11.3 Å². The van der Waals surface area contributed by atoms with Crippen molar-refractivity contribution in [1.82, 2.24) is 24.3 Å². The lowest BCUT2D eigenvalue weighted by molar-refractivity contribution is -0.129. The molecule has 2 aromatic heterocycles. The van der Waals surface area contributed by atoms with Crippen LogP contribution in [0.4, 0.5) is 5.69 Å². The number of aryl methyl sites for hydroxylation is 1. The molecular formula is C24H30N6O. The maximum atomic E-state index is 11.9. The van der Waals surface area contributed by atoms with Gasteiger partial charge in [-0.15, -0.1) is 0 Å². The summed E-state index contributed by atoms with van der Waals surface area (Å²) < 4.78 is 1.84. The Morgan fingerprint density at radius 1 is 1.06 bits per heavy atom. The molecule has 1 fully saturated rings. The van der Waals surface area contributed by atoms with Gasteiger partial charge in [0, 0.05) is 70.5 Å². The third kappa shape index (κ3) is 5.11. The highest BCUT2D eigenvalue weighted by Gasteiger charge is 2.18. The number of benzene rings is 1. The molecule has 0 atom stereocenters. The van der Waals surface area contributed by atoms with Gasteiger partial charge in [-0.1, -0.05) is 12.1 Å². The zero-order valence-corrected chi connectivity index (χ0v) is 18.5. The molecule has 1 aliphatic rings. The maximum Gasteiger partial charge on any atom is 0.242 e. The molecule has 31 heavy (non-hydrogen) atoms. The summed E-state index contributed by atoms with van der Waals surface area (Å²) >= 11 is 0. The fraction of sp³-hybridized carbons (Fsp3) is 0.375. The predicted octanol–water partition coefficient (Wildman–Crippen LogP) is 2.66. The van der Waals surface area contributed by atoms with E-state index in [0.717, 1.165) is 49.7 Å². The molecule has 3 heterocycles. The van der Waals surface area contributed by atoms with Crippen molar-refractivity contribution in [3.63, 3.8) is 0 Å². The van der Waals surface area contributed by atoms with Crippen LogP contribution in [-0.4, -0.2) is 70.5 Å². The maximum absolute atomic E-state index is 11.9. The van der Waals surface area contributed by atoms with Gasteiger partial charge in [0.1, 0.15) is 6.54 Å². The fourth-order valence-corrected chi connectivity index (χ4v) is 3.90. The molecule has 1 aromatic carbocycles. The van der Waals surface area contributed by atoms with Crippen molar-refractivity contribution in [2.24, 2.45) is 0 Å². The van der Waals surface area contributed by atoms with Gasteiger partial charge in [-0.2, -0.15) is 0 Å². The number of anilines is 1. The van der Waals surface area contributed by atoms with Crippen LogP contribution in [0.5, 0.6) is 0 Å². The minimum absolute atomic E-state index is 0.0539. The van der Waals surface area contributed by atoms with E-state index in [2.05, 4.69) is 51.0 Å². The van der Waals surface area contributed by atoms with Crippen molar-refractivity contribution in [1.29, 1.82) is 0 Å². The van der Waals surface area contributed by atoms with Gasteiger partial charge in [0.15, 0.2) is 0 Å². The first kappa shape index (κ1) is 21.1. The summed E-state index contributed by atoms with van der Waals surface area (Å²) in [5, 5.41) is 0. The molecule has 1 saturated heterocycles. The first-order chi connectivity index (χ1) is 15.0. The SMILES string of the molecule is Cc1cc(N2CCN(Cc3ccccn3)CC2)ccc1-c1cn(CC(=O)N(C)C)cn1. The van der Waals surface area contributed by atoms with Gasteiger partial charge < -0.3 is 14.4 Å². The third-order valence-electron chi connectivity index (χ3n) is 5.79. The van der Waals surface area contributed by atoms with Crippen LogP contribution in [0.25, 0.3) is 11.3 Å². The van der Waals surface area contributed by atoms with Crippen LogP contribution in [0.2, 0.25) is 0 Å². The Kier molecular flexibility index (Phi) is 6.32. The van der Waals surface area contributed by atoms with Gasteiger partial charge in [0.05, 0.1) is 17.7 Å². The molecule has 3 aromatic rings. The topological polar surface area (TPSA) is 57.5 Å². The number of hydrogen-bond donors (Lipinski definition) is 0. The Hall–Kier alpha value is -3.19. The summed E-state index contributed by atoms with van der Waals surface area (Å²) in [4.78, 5) is 27.4. The Balaban J connectivity index is 1.38. The molecule has 0 bridgehead atoms. The van der Waals surface area contributed by atoms with Crippen molar-refractivity contribution in [2.45, 2.75) is 20.0 Å². The standard InChI is InChI=1S/C24H30N6O/c1-19-14-21(30-12-10-28(11-13-30)15-20-6-4-5-9-25-20)7-8-22(19)23-16-29(18-26-23)17-24(31)27(2)3/h4-9,14,16,18H,10-13,15,17H2,1-3H3. The molecule has 0 radical (unpaired) electrons. The predicted molar refractivity (Wildman–Crippen MR) is 123 cm³/mol. The monoisotopic (exact) mass is 418 g/mol. The number of pyridine rings is 1. The Labute approximate surface area is 183 Å². The van der Waals surface area contributed by atoms with E-state index in [1.807, 2.05) is 29.1 Å². The minimum Gasteiger partial charge on any atom is -0.369 e. The van der Waals surface area contributed by atoms with Gasteiger partial charge >= 0.3 is 0 Å². The van der Waals surface area contributed by atoms with E-state index in [0.29, 0.717) is 6.54 Å². The Morgan fingerprint density at radius 3 is 2.55 bits per heavy atom. The Morgan fingerprint density at radius 2 is 1.87 bits per heavy atom. The number of aromatic nitrogens is 3. The first-order valence-electron chi connectivity index (χ1n) is 10.7. The second-order valence-corrected chi connectivity index (χ2v) is 8.30. The molecule has 162 valence electrons. The van der Waals surface area contributed by atoms with Crippen LogP contribution in [0.1, 0.15) is 11.3 Å². The largest absolute Gasteiger partial charge is 0.369 e. The number of hydrogen-bond acceptors (Lipinski definition) is 5. The highest BCUT2D eigenvalue weighted by Crippen LogP contribution is 2.27. The van der Waals surface area contributed by atoms with E-state index < -0.39 is 0 Å². The number of carbonyl (C=O) groups excluding carboxylic acids is 1. The molecule has 0 spiro atoms. The smallest absolute Gasteiger partial charge is 0.242 e. The summed E-state index contributed by atoms with van der Waals surface area (Å²) in [6.07, 6.45) is 5.53. The quantitative estimate of drug-likeness (QED) is 0.616. The van der Waals surface area contributed by atoms with Crippen molar-refractivity contribution in [3.8, 4) is 11.3 Å². The van der Waals surface area contributed by atoms with Crippen molar-refractivity contribution >= 4 is 11.6 Å². The second kappa shape index (κ2) is 9.31. The average molecular weight is 419 g/mol. The van der Waals surface area contributed by atoms with Crippen LogP contribution in [0.3, 0.4) is 0 Å². The molecule has 7 heteroatoms. The molecule has 1 aliphatic heterocycles. The van der Waals surface area contributed by atoms with Gasteiger partial charge in [-0.3, -0.25) is 14.7 Å². The highest BCUT2D eigenvalue weighted by molar-refractivity contribution is 5.75. The van der Waals surface area contributed by atoms with E-state index in [4.69, 9.17) is 0 Å². The van der Waals surface area contributed by atoms with E-state index in [1.54, 1.807) is 25.3 Å². The minimum atomic E-state index is 0.0539. The molecule has 0 unspecified atom stereocenters. The number of carbonyl (C=O) groups is 1. The molecule has 0 N–H and O–H groups in total. The molecule has 7 nitrogen and oxygen atoms in total. The lowest BCUT2D eigenvalue weighted by Gasteiger charge is -2.36.